The van der Waals surface area contributed by atoms with E-state index >= 15 is 0 Å². The van der Waals surface area contributed by atoms with Gasteiger partial charge in [0.05, 0.1) is 0 Å². The van der Waals surface area contributed by atoms with Gasteiger partial charge in [0.1, 0.15) is 5.82 Å². The van der Waals surface area contributed by atoms with E-state index in [4.69, 9.17) is 10.9 Å². The van der Waals surface area contributed by atoms with Crippen molar-refractivity contribution in [2.24, 2.45) is 10.9 Å². The number of hydrogen-bond donors (Lipinski definition) is 3. The van der Waals surface area contributed by atoms with Crippen LogP contribution in [0.1, 0.15) is 18.1 Å². The quantitative estimate of drug-likeness (QED) is 0.227. The normalized spacial score (nSPS) is 13.5. The molecule has 1 unspecified atom stereocenters. The van der Waals surface area contributed by atoms with E-state index in [1.54, 1.807) is 6.07 Å². The molecule has 0 bridgehead atoms. The third-order valence-electron chi connectivity index (χ3n) is 2.60. The first-order valence-electron chi connectivity index (χ1n) is 5.90. The van der Waals surface area contributed by atoms with Crippen LogP contribution in [0.4, 0.5) is 4.39 Å². The largest absolute Gasteiger partial charge is 0.409 e. The van der Waals surface area contributed by atoms with E-state index in [-0.39, 0.29) is 5.84 Å². The molecule has 1 aromatic carbocycles. The fourth-order valence-electron chi connectivity index (χ4n) is 1.55. The number of hydrogen-bond acceptors (Lipinski definition) is 4. The van der Waals surface area contributed by atoms with Crippen molar-refractivity contribution in [1.82, 2.24) is 5.32 Å². The highest BCUT2D eigenvalue weighted by atomic mass is 32.2. The average molecular weight is 287 g/mol. The molecule has 0 amide bonds. The van der Waals surface area contributed by atoms with Crippen LogP contribution in [0.25, 0.3) is 0 Å². The van der Waals surface area contributed by atoms with Crippen molar-refractivity contribution in [1.29, 1.82) is 0 Å². The van der Waals surface area contributed by atoms with Gasteiger partial charge >= 0.3 is 0 Å². The topological polar surface area (TPSA) is 87.7 Å². The van der Waals surface area contributed by atoms with Gasteiger partial charge in [0, 0.05) is 41.0 Å². The number of nitrogens with one attached hydrogen (secondary N) is 1. The molecule has 106 valence electrons. The minimum atomic E-state index is -0.815. The molecule has 0 saturated carbocycles. The molecule has 1 aromatic rings. The van der Waals surface area contributed by atoms with Gasteiger partial charge in [-0.05, 0) is 17.7 Å². The zero-order valence-corrected chi connectivity index (χ0v) is 11.5. The lowest BCUT2D eigenvalue weighted by Crippen LogP contribution is -2.23. The van der Waals surface area contributed by atoms with E-state index in [0.29, 0.717) is 30.2 Å². The van der Waals surface area contributed by atoms with Crippen LogP contribution in [0.3, 0.4) is 0 Å². The zero-order valence-electron chi connectivity index (χ0n) is 10.7. The lowest BCUT2D eigenvalue weighted by atomic mass is 10.1. The van der Waals surface area contributed by atoms with E-state index in [0.717, 1.165) is 5.56 Å². The molecule has 4 N–H and O–H groups in total. The standard InChI is InChI=1S/C12H18FN3O2S/c1-2-19(18)6-5-15-8-9-3-4-10(13)7-11(9)12(14)16-17/h3-4,7,15,17H,2,5-6,8H2,1H3,(H2,14,16). The second kappa shape index (κ2) is 7.85. The molecule has 0 aliphatic rings. The average Bonchev–Trinajstić information content (AvgIpc) is 2.43. The second-order valence-corrected chi connectivity index (χ2v) is 5.76. The molecular weight excluding hydrogens is 269 g/mol. The van der Waals surface area contributed by atoms with Crippen molar-refractivity contribution in [2.45, 2.75) is 13.5 Å². The van der Waals surface area contributed by atoms with E-state index in [2.05, 4.69) is 10.5 Å². The van der Waals surface area contributed by atoms with Crippen molar-refractivity contribution in [3.8, 4) is 0 Å². The summed E-state index contributed by atoms with van der Waals surface area (Å²) in [4.78, 5) is 0. The molecule has 0 spiro atoms. The maximum absolute atomic E-state index is 13.1. The monoisotopic (exact) mass is 287 g/mol. The number of nitrogens with zero attached hydrogens (tertiary/aromatic N) is 1. The molecule has 1 atom stereocenters. The second-order valence-electron chi connectivity index (χ2n) is 3.90. The Bertz CT molecular complexity index is 480. The predicted molar refractivity (Wildman–Crippen MR) is 74.2 cm³/mol. The third kappa shape index (κ3) is 4.96. The number of benzene rings is 1. The minimum absolute atomic E-state index is 0.131. The number of halogens is 1. The highest BCUT2D eigenvalue weighted by molar-refractivity contribution is 7.84. The van der Waals surface area contributed by atoms with Gasteiger partial charge in [0.25, 0.3) is 0 Å². The van der Waals surface area contributed by atoms with Gasteiger partial charge in [0.2, 0.25) is 0 Å². The van der Waals surface area contributed by atoms with Crippen LogP contribution in [0.15, 0.2) is 23.4 Å². The van der Waals surface area contributed by atoms with Crippen molar-refractivity contribution >= 4 is 16.6 Å². The number of amidine groups is 1. The van der Waals surface area contributed by atoms with Gasteiger partial charge < -0.3 is 16.3 Å². The Morgan fingerprint density at radius 2 is 2.32 bits per heavy atom. The van der Waals surface area contributed by atoms with Crippen LogP contribution in [0.5, 0.6) is 0 Å². The highest BCUT2D eigenvalue weighted by Crippen LogP contribution is 2.11. The van der Waals surface area contributed by atoms with Crippen LogP contribution >= 0.6 is 0 Å². The fraction of sp³-hybridized carbons (Fsp3) is 0.417. The molecule has 0 radical (unpaired) electrons. The Morgan fingerprint density at radius 1 is 1.58 bits per heavy atom. The van der Waals surface area contributed by atoms with E-state index in [1.165, 1.54) is 12.1 Å². The van der Waals surface area contributed by atoms with Gasteiger partial charge in [-0.1, -0.05) is 18.1 Å². The van der Waals surface area contributed by atoms with Crippen molar-refractivity contribution in [3.05, 3.63) is 35.1 Å². The number of nitrogens with two attached hydrogens (primary N) is 1. The smallest absolute Gasteiger partial charge is 0.170 e. The molecule has 0 fully saturated rings. The first-order chi connectivity index (χ1) is 9.08. The van der Waals surface area contributed by atoms with Gasteiger partial charge in [-0.15, -0.1) is 0 Å². The van der Waals surface area contributed by atoms with Gasteiger partial charge in [-0.2, -0.15) is 0 Å². The summed E-state index contributed by atoms with van der Waals surface area (Å²) >= 11 is 0. The maximum atomic E-state index is 13.1. The van der Waals surface area contributed by atoms with Crippen molar-refractivity contribution < 1.29 is 13.8 Å². The number of oxime groups is 1. The van der Waals surface area contributed by atoms with Crippen LogP contribution in [0.2, 0.25) is 0 Å². The van der Waals surface area contributed by atoms with Gasteiger partial charge in [-0.3, -0.25) is 4.21 Å². The summed E-state index contributed by atoms with van der Waals surface area (Å²) in [6, 6.07) is 4.11. The summed E-state index contributed by atoms with van der Waals surface area (Å²) in [6.45, 7) is 2.90. The Morgan fingerprint density at radius 3 is 2.95 bits per heavy atom. The predicted octanol–water partition coefficient (Wildman–Crippen LogP) is 0.778. The molecule has 5 nitrogen and oxygen atoms in total. The Hall–Kier alpha value is -1.47. The molecule has 0 aliphatic heterocycles. The van der Waals surface area contributed by atoms with Crippen LogP contribution in [0, 0.1) is 5.82 Å². The Labute approximate surface area is 114 Å². The van der Waals surface area contributed by atoms with E-state index in [1.807, 2.05) is 6.92 Å². The van der Waals surface area contributed by atoms with E-state index < -0.39 is 16.6 Å². The molecule has 0 heterocycles. The SMILES string of the molecule is CCS(=O)CCNCc1ccc(F)cc1/C(N)=N/O. The third-order valence-corrected chi connectivity index (χ3v) is 3.90. The molecule has 7 heteroatoms. The summed E-state index contributed by atoms with van der Waals surface area (Å²) in [5, 5.41) is 14.6. The van der Waals surface area contributed by atoms with Crippen LogP contribution in [-0.2, 0) is 17.3 Å². The summed E-state index contributed by atoms with van der Waals surface area (Å²) in [5.74, 6) is 0.621. The maximum Gasteiger partial charge on any atom is 0.170 e. The molecular formula is C12H18FN3O2S. The van der Waals surface area contributed by atoms with E-state index in [9.17, 15) is 8.60 Å². The number of rotatable bonds is 7. The Kier molecular flexibility index (Phi) is 6.44. The first-order valence-corrected chi connectivity index (χ1v) is 7.39. The van der Waals surface area contributed by atoms with Crippen LogP contribution < -0.4 is 11.1 Å². The highest BCUT2D eigenvalue weighted by Gasteiger charge is 2.08. The summed E-state index contributed by atoms with van der Waals surface area (Å²) in [5.41, 5.74) is 6.57. The fourth-order valence-corrected chi connectivity index (χ4v) is 2.21. The lowest BCUT2D eigenvalue weighted by molar-refractivity contribution is 0.318. The van der Waals surface area contributed by atoms with Crippen molar-refractivity contribution in [2.75, 3.05) is 18.1 Å². The zero-order chi connectivity index (χ0) is 14.3. The summed E-state index contributed by atoms with van der Waals surface area (Å²) < 4.78 is 24.4. The summed E-state index contributed by atoms with van der Waals surface area (Å²) in [6.07, 6.45) is 0. The molecule has 0 saturated heterocycles. The molecule has 1 rings (SSSR count). The van der Waals surface area contributed by atoms with Crippen LogP contribution in [-0.4, -0.2) is 33.3 Å². The lowest BCUT2D eigenvalue weighted by Gasteiger charge is -2.09. The molecule has 19 heavy (non-hydrogen) atoms. The molecule has 0 aliphatic carbocycles. The van der Waals surface area contributed by atoms with Crippen molar-refractivity contribution in [3.63, 3.8) is 0 Å². The Balaban J connectivity index is 2.65. The van der Waals surface area contributed by atoms with Gasteiger partial charge in [0.15, 0.2) is 5.84 Å². The first kappa shape index (κ1) is 15.6. The summed E-state index contributed by atoms with van der Waals surface area (Å²) in [7, 11) is -0.815. The van der Waals surface area contributed by atoms with Gasteiger partial charge in [-0.25, -0.2) is 4.39 Å². The minimum Gasteiger partial charge on any atom is -0.409 e. The molecule has 0 aromatic heterocycles.